The molecule has 0 bridgehead atoms. The van der Waals surface area contributed by atoms with Crippen molar-refractivity contribution in [2.24, 2.45) is 0 Å². The third-order valence-corrected chi connectivity index (χ3v) is 8.32. The van der Waals surface area contributed by atoms with Crippen LogP contribution in [0.5, 0.6) is 5.75 Å². The van der Waals surface area contributed by atoms with Crippen LogP contribution in [0.3, 0.4) is 0 Å². The number of anilines is 2. The Kier molecular flexibility index (Phi) is 6.51. The van der Waals surface area contributed by atoms with Crippen molar-refractivity contribution in [2.75, 3.05) is 27.6 Å². The fourth-order valence-corrected chi connectivity index (χ4v) is 6.67. The second kappa shape index (κ2) is 8.48. The number of alkyl halides is 1. The summed E-state index contributed by atoms with van der Waals surface area (Å²) in [6.07, 6.45) is 2.50. The first-order chi connectivity index (χ1) is 12.4. The van der Waals surface area contributed by atoms with Gasteiger partial charge >= 0.3 is 177 Å². The van der Waals surface area contributed by atoms with Gasteiger partial charge < -0.3 is 0 Å². The minimum absolute atomic E-state index is 0.0950. The molecule has 2 aromatic carbocycles. The van der Waals surface area contributed by atoms with Crippen LogP contribution in [0.4, 0.5) is 11.4 Å². The number of phenols is 1. The van der Waals surface area contributed by atoms with Crippen LogP contribution in [0, 0.1) is 24.3 Å². The number of halogens is 2. The number of benzene rings is 2. The zero-order chi connectivity index (χ0) is 18.8. The van der Waals surface area contributed by atoms with E-state index in [1.54, 1.807) is 0 Å². The van der Waals surface area contributed by atoms with Gasteiger partial charge in [-0.25, -0.2) is 0 Å². The molecule has 142 valence electrons. The maximum atomic E-state index is 10.5. The zero-order valence-electron chi connectivity index (χ0n) is 15.6. The second-order valence-electron chi connectivity index (χ2n) is 6.71. The zero-order valence-corrected chi connectivity index (χ0v) is 19.3. The van der Waals surface area contributed by atoms with Crippen molar-refractivity contribution in [3.05, 3.63) is 43.5 Å². The van der Waals surface area contributed by atoms with E-state index in [4.69, 9.17) is 11.6 Å². The fourth-order valence-electron chi connectivity index (χ4n) is 3.51. The van der Waals surface area contributed by atoms with Gasteiger partial charge in [0, 0.05) is 0 Å². The first-order valence-corrected chi connectivity index (χ1v) is 13.2. The molecule has 26 heavy (non-hydrogen) atoms. The van der Waals surface area contributed by atoms with E-state index in [9.17, 15) is 5.11 Å². The molecular formula is C20H25ClIN2OS-. The maximum absolute atomic E-state index is 10.5. The van der Waals surface area contributed by atoms with E-state index < -0.39 is 0 Å². The Morgan fingerprint density at radius 3 is 2.50 bits per heavy atom. The molecule has 0 spiro atoms. The summed E-state index contributed by atoms with van der Waals surface area (Å²) >= 11 is 7.63. The molecule has 1 fully saturated rings. The monoisotopic (exact) mass is 503 g/mol. The summed E-state index contributed by atoms with van der Waals surface area (Å²) in [6, 6.07) is 6.35. The second-order valence-corrected chi connectivity index (χ2v) is 10.2. The molecule has 2 N–H and O–H groups in total. The molecule has 0 aromatic heterocycles. The predicted octanol–water partition coefficient (Wildman–Crippen LogP) is 2.58. The van der Waals surface area contributed by atoms with Crippen molar-refractivity contribution >= 4 is 34.9 Å². The average Bonchev–Trinajstić information content (AvgIpc) is 3.11. The van der Waals surface area contributed by atoms with E-state index >= 15 is 0 Å². The standard InChI is InChI=1S/C20H25ClIN2OS/c1-12-9-13(2)18(24-7-5-6-8-24)17(10-12)23-26-20-14(3)16(22-4)11-15(21)19(20)25/h9-11,23,25H,5-8H2,1-4H3/q-1. The Labute approximate surface area is 175 Å². The van der Waals surface area contributed by atoms with Gasteiger partial charge in [0.2, 0.25) is 0 Å². The van der Waals surface area contributed by atoms with Crippen LogP contribution in [0.15, 0.2) is 23.1 Å². The quantitative estimate of drug-likeness (QED) is 0.374. The molecule has 0 aliphatic carbocycles. The SMILES string of the molecule is C[I-]c1cc(Cl)c(O)c(SNc2cc(C)cc(C)c2N2CCCC2)c1C. The van der Waals surface area contributed by atoms with Crippen molar-refractivity contribution in [1.82, 2.24) is 0 Å². The number of rotatable bonds is 5. The van der Waals surface area contributed by atoms with Crippen molar-refractivity contribution in [3.63, 3.8) is 0 Å². The summed E-state index contributed by atoms with van der Waals surface area (Å²) in [5.74, 6) is 0.176. The third-order valence-electron chi connectivity index (χ3n) is 4.73. The Hall–Kier alpha value is -0.790. The number of aromatic hydroxyl groups is 1. The number of aryl methyl sites for hydroxylation is 2. The van der Waals surface area contributed by atoms with Gasteiger partial charge in [-0.1, -0.05) is 0 Å². The number of nitrogens with one attached hydrogen (secondary N) is 1. The Morgan fingerprint density at radius 1 is 1.15 bits per heavy atom. The van der Waals surface area contributed by atoms with Gasteiger partial charge in [-0.3, -0.25) is 0 Å². The molecule has 3 nitrogen and oxygen atoms in total. The molecule has 3 rings (SSSR count). The van der Waals surface area contributed by atoms with Gasteiger partial charge in [-0.2, -0.15) is 0 Å². The van der Waals surface area contributed by atoms with Crippen LogP contribution in [-0.2, 0) is 0 Å². The molecular weight excluding hydrogens is 479 g/mol. The van der Waals surface area contributed by atoms with E-state index in [0.717, 1.165) is 29.2 Å². The number of hydrogen-bond acceptors (Lipinski definition) is 4. The molecule has 6 heteroatoms. The van der Waals surface area contributed by atoms with E-state index in [0.29, 0.717) is 5.02 Å². The topological polar surface area (TPSA) is 35.5 Å². The molecule has 0 saturated carbocycles. The predicted molar refractivity (Wildman–Crippen MR) is 109 cm³/mol. The molecule has 1 aliphatic rings. The van der Waals surface area contributed by atoms with Crippen LogP contribution < -0.4 is 30.8 Å². The van der Waals surface area contributed by atoms with Gasteiger partial charge in [-0.05, 0) is 0 Å². The molecule has 0 amide bonds. The molecule has 1 aliphatic heterocycles. The van der Waals surface area contributed by atoms with Crippen LogP contribution >= 0.6 is 23.5 Å². The van der Waals surface area contributed by atoms with Crippen LogP contribution in [0.1, 0.15) is 29.5 Å². The summed E-state index contributed by atoms with van der Waals surface area (Å²) < 4.78 is 4.79. The first-order valence-electron chi connectivity index (χ1n) is 8.73. The fraction of sp³-hybridized carbons (Fsp3) is 0.400. The summed E-state index contributed by atoms with van der Waals surface area (Å²) in [5.41, 5.74) is 6.05. The van der Waals surface area contributed by atoms with E-state index in [1.807, 2.05) is 6.07 Å². The summed E-state index contributed by atoms with van der Waals surface area (Å²) in [5, 5.41) is 10.9. The van der Waals surface area contributed by atoms with Gasteiger partial charge in [0.25, 0.3) is 0 Å². The van der Waals surface area contributed by atoms with Gasteiger partial charge in [-0.15, -0.1) is 0 Å². The van der Waals surface area contributed by atoms with E-state index in [1.165, 1.54) is 45.2 Å². The molecule has 0 atom stereocenters. The summed E-state index contributed by atoms with van der Waals surface area (Å²) in [4.78, 5) is 5.51. The minimum atomic E-state index is -0.0950. The van der Waals surface area contributed by atoms with Crippen molar-refractivity contribution in [1.29, 1.82) is 0 Å². The normalized spacial score (nSPS) is 14.3. The molecule has 1 saturated heterocycles. The van der Waals surface area contributed by atoms with Crippen LogP contribution in [0.25, 0.3) is 0 Å². The molecule has 2 aromatic rings. The summed E-state index contributed by atoms with van der Waals surface area (Å²) in [6.45, 7) is 8.59. The van der Waals surface area contributed by atoms with Crippen LogP contribution in [0.2, 0.25) is 5.02 Å². The molecule has 1 heterocycles. The van der Waals surface area contributed by atoms with Gasteiger partial charge in [0.1, 0.15) is 0 Å². The van der Waals surface area contributed by atoms with Crippen molar-refractivity contribution in [2.45, 2.75) is 38.5 Å². The van der Waals surface area contributed by atoms with E-state index in [2.05, 4.69) is 47.5 Å². The molecule has 0 radical (unpaired) electrons. The third kappa shape index (κ3) is 4.04. The summed E-state index contributed by atoms with van der Waals surface area (Å²) in [7, 11) is 0. The Bertz CT molecular complexity index is 822. The van der Waals surface area contributed by atoms with Crippen LogP contribution in [-0.4, -0.2) is 23.1 Å². The van der Waals surface area contributed by atoms with Gasteiger partial charge in [0.05, 0.1) is 0 Å². The Balaban J connectivity index is 1.94. The van der Waals surface area contributed by atoms with E-state index in [-0.39, 0.29) is 27.0 Å². The number of hydrogen-bond donors (Lipinski definition) is 2. The first kappa shape index (κ1) is 20.0. The Morgan fingerprint density at radius 2 is 1.85 bits per heavy atom. The number of nitrogens with zero attached hydrogens (tertiary/aromatic N) is 1. The average molecular weight is 504 g/mol. The molecule has 0 unspecified atom stereocenters. The van der Waals surface area contributed by atoms with Gasteiger partial charge in [0.15, 0.2) is 0 Å². The number of phenolic OH excluding ortho intramolecular Hbond substituents is 1. The van der Waals surface area contributed by atoms with Crippen molar-refractivity contribution < 1.29 is 26.3 Å². The van der Waals surface area contributed by atoms with Crippen molar-refractivity contribution in [3.8, 4) is 5.75 Å².